The molecule has 1 aliphatic rings. The molecule has 3 heterocycles. The number of aromatic amines is 2. The molecular weight excluding hydrogens is 356 g/mol. The average Bonchev–Trinajstić information content (AvgIpc) is 3.07. The van der Waals surface area contributed by atoms with Crippen molar-refractivity contribution in [3.63, 3.8) is 0 Å². The molecule has 4 rings (SSSR count). The van der Waals surface area contributed by atoms with Crippen LogP contribution in [-0.2, 0) is 13.0 Å². The van der Waals surface area contributed by atoms with Gasteiger partial charge in [0.05, 0.1) is 6.04 Å². The van der Waals surface area contributed by atoms with Crippen LogP contribution in [0.1, 0.15) is 55.5 Å². The highest BCUT2D eigenvalue weighted by atomic mass is 16.3. The van der Waals surface area contributed by atoms with Crippen LogP contribution in [0.5, 0.6) is 5.88 Å². The molecule has 148 valence electrons. The highest BCUT2D eigenvalue weighted by Gasteiger charge is 2.30. The Balaban J connectivity index is 1.78. The molecule has 1 atom stereocenters. The van der Waals surface area contributed by atoms with Crippen molar-refractivity contribution in [2.24, 2.45) is 0 Å². The highest BCUT2D eigenvalue weighted by Crippen LogP contribution is 2.34. The van der Waals surface area contributed by atoms with Crippen molar-refractivity contribution in [3.8, 4) is 5.88 Å². The van der Waals surface area contributed by atoms with Crippen LogP contribution in [0.4, 0.5) is 0 Å². The normalized spacial score (nSPS) is 16.4. The van der Waals surface area contributed by atoms with Crippen LogP contribution >= 0.6 is 0 Å². The third kappa shape index (κ3) is 3.16. The van der Waals surface area contributed by atoms with E-state index < -0.39 is 17.3 Å². The summed E-state index contributed by atoms with van der Waals surface area (Å²) in [5, 5.41) is 15.3. The molecule has 7 nitrogen and oxygen atoms in total. The molecule has 0 saturated heterocycles. The van der Waals surface area contributed by atoms with Gasteiger partial charge in [0, 0.05) is 29.7 Å². The molecule has 0 amide bonds. The molecular formula is C21H26N4O3. The first-order chi connectivity index (χ1) is 13.6. The van der Waals surface area contributed by atoms with E-state index in [1.54, 1.807) is 0 Å². The molecule has 0 radical (unpaired) electrons. The lowest BCUT2D eigenvalue weighted by molar-refractivity contribution is 0.376. The molecule has 0 aliphatic carbocycles. The van der Waals surface area contributed by atoms with Crippen molar-refractivity contribution in [2.45, 2.75) is 51.6 Å². The average molecular weight is 382 g/mol. The molecule has 1 unspecified atom stereocenters. The molecule has 4 N–H and O–H groups in total. The van der Waals surface area contributed by atoms with Crippen LogP contribution in [0.3, 0.4) is 0 Å². The van der Waals surface area contributed by atoms with Gasteiger partial charge in [0.2, 0.25) is 5.88 Å². The second-order valence-electron chi connectivity index (χ2n) is 7.41. The van der Waals surface area contributed by atoms with Crippen LogP contribution < -0.4 is 16.6 Å². The van der Waals surface area contributed by atoms with Crippen molar-refractivity contribution in [1.82, 2.24) is 19.9 Å². The predicted molar refractivity (Wildman–Crippen MR) is 109 cm³/mol. The number of benzene rings is 1. The quantitative estimate of drug-likeness (QED) is 0.492. The van der Waals surface area contributed by atoms with Crippen molar-refractivity contribution in [2.75, 3.05) is 6.54 Å². The summed E-state index contributed by atoms with van der Waals surface area (Å²) in [7, 11) is 0. The number of aromatic hydroxyl groups is 1. The molecule has 0 bridgehead atoms. The Morgan fingerprint density at radius 1 is 1.14 bits per heavy atom. The Bertz CT molecular complexity index is 1110. The van der Waals surface area contributed by atoms with Gasteiger partial charge in [0.15, 0.2) is 0 Å². The zero-order chi connectivity index (χ0) is 19.7. The third-order valence-electron chi connectivity index (χ3n) is 5.59. The van der Waals surface area contributed by atoms with Crippen LogP contribution in [0, 0.1) is 0 Å². The Morgan fingerprint density at radius 3 is 2.79 bits per heavy atom. The number of hydrogen-bond donors (Lipinski definition) is 4. The summed E-state index contributed by atoms with van der Waals surface area (Å²) in [6.07, 6.45) is 4.76. The largest absolute Gasteiger partial charge is 0.494 e. The minimum Gasteiger partial charge on any atom is -0.494 e. The predicted octanol–water partition coefficient (Wildman–Crippen LogP) is 2.54. The van der Waals surface area contributed by atoms with Gasteiger partial charge in [-0.15, -0.1) is 0 Å². The maximum Gasteiger partial charge on any atom is 0.331 e. The minimum absolute atomic E-state index is 0.197. The van der Waals surface area contributed by atoms with Gasteiger partial charge >= 0.3 is 5.69 Å². The SMILES string of the molecule is CCCCCCn1c(O)c(C2NCCc3c2[nH]c2ccccc32)c(=O)[nH]c1=O. The van der Waals surface area contributed by atoms with E-state index in [2.05, 4.69) is 28.3 Å². The first kappa shape index (κ1) is 18.6. The molecule has 2 aromatic heterocycles. The lowest BCUT2D eigenvalue weighted by Crippen LogP contribution is -2.39. The van der Waals surface area contributed by atoms with E-state index in [0.29, 0.717) is 13.1 Å². The standard InChI is InChI=1S/C21H26N4O3/c1-2-3-4-7-12-25-20(27)16(19(26)24-21(25)28)18-17-14(10-11-22-18)13-8-5-6-9-15(13)23-17/h5-6,8-9,18,22-23,27H,2-4,7,10-12H2,1H3,(H,24,26,28). The number of nitrogens with one attached hydrogen (secondary N) is 3. The molecule has 0 saturated carbocycles. The van der Waals surface area contributed by atoms with Gasteiger partial charge in [-0.25, -0.2) is 4.79 Å². The summed E-state index contributed by atoms with van der Waals surface area (Å²) in [4.78, 5) is 30.7. The summed E-state index contributed by atoms with van der Waals surface area (Å²) in [6, 6.07) is 7.54. The monoisotopic (exact) mass is 382 g/mol. The van der Waals surface area contributed by atoms with Gasteiger partial charge < -0.3 is 15.4 Å². The Hall–Kier alpha value is -2.80. The summed E-state index contributed by atoms with van der Waals surface area (Å²) in [5.41, 5.74) is 2.13. The molecule has 1 aliphatic heterocycles. The first-order valence-corrected chi connectivity index (χ1v) is 10.0. The fourth-order valence-electron chi connectivity index (χ4n) is 4.17. The van der Waals surface area contributed by atoms with Gasteiger partial charge in [-0.3, -0.25) is 14.3 Å². The second-order valence-corrected chi connectivity index (χ2v) is 7.41. The number of aromatic nitrogens is 3. The zero-order valence-electron chi connectivity index (χ0n) is 16.0. The molecule has 1 aromatic carbocycles. The molecule has 28 heavy (non-hydrogen) atoms. The van der Waals surface area contributed by atoms with Crippen LogP contribution in [0.25, 0.3) is 10.9 Å². The minimum atomic E-state index is -0.560. The molecule has 0 fully saturated rings. The first-order valence-electron chi connectivity index (χ1n) is 10.0. The molecule has 7 heteroatoms. The van der Waals surface area contributed by atoms with Gasteiger partial charge in [0.1, 0.15) is 5.56 Å². The number of H-pyrrole nitrogens is 2. The van der Waals surface area contributed by atoms with Gasteiger partial charge in [-0.2, -0.15) is 0 Å². The van der Waals surface area contributed by atoms with Crippen molar-refractivity contribution < 1.29 is 5.11 Å². The van der Waals surface area contributed by atoms with Crippen LogP contribution in [-0.4, -0.2) is 26.2 Å². The zero-order valence-corrected chi connectivity index (χ0v) is 16.0. The lowest BCUT2D eigenvalue weighted by atomic mass is 9.95. The van der Waals surface area contributed by atoms with Crippen LogP contribution in [0.2, 0.25) is 0 Å². The Kier molecular flexibility index (Phi) is 5.09. The topological polar surface area (TPSA) is 103 Å². The maximum absolute atomic E-state index is 12.6. The fourth-order valence-corrected chi connectivity index (χ4v) is 4.17. The van der Waals surface area contributed by atoms with Crippen LogP contribution in [0.15, 0.2) is 33.9 Å². The second kappa shape index (κ2) is 7.67. The summed E-state index contributed by atoms with van der Waals surface area (Å²) in [5.74, 6) is -0.241. The smallest absolute Gasteiger partial charge is 0.331 e. The fraction of sp³-hybridized carbons (Fsp3) is 0.429. The van der Waals surface area contributed by atoms with E-state index in [-0.39, 0.29) is 11.4 Å². The van der Waals surface area contributed by atoms with Crippen molar-refractivity contribution in [3.05, 3.63) is 61.9 Å². The number of unbranched alkanes of at least 4 members (excludes halogenated alkanes) is 3. The van der Waals surface area contributed by atoms with Gasteiger partial charge in [0.25, 0.3) is 5.56 Å². The number of fused-ring (bicyclic) bond motifs is 3. The number of nitrogens with zero attached hydrogens (tertiary/aromatic N) is 1. The highest BCUT2D eigenvalue weighted by molar-refractivity contribution is 5.85. The van der Waals surface area contributed by atoms with E-state index in [1.807, 2.05) is 18.2 Å². The summed E-state index contributed by atoms with van der Waals surface area (Å²) < 4.78 is 1.28. The summed E-state index contributed by atoms with van der Waals surface area (Å²) >= 11 is 0. The van der Waals surface area contributed by atoms with Crippen molar-refractivity contribution in [1.29, 1.82) is 0 Å². The third-order valence-corrected chi connectivity index (χ3v) is 5.59. The van der Waals surface area contributed by atoms with Gasteiger partial charge in [-0.1, -0.05) is 44.4 Å². The van der Waals surface area contributed by atoms with E-state index >= 15 is 0 Å². The Labute approximate surface area is 162 Å². The lowest BCUT2D eigenvalue weighted by Gasteiger charge is -2.25. The van der Waals surface area contributed by atoms with E-state index in [4.69, 9.17) is 0 Å². The van der Waals surface area contributed by atoms with Gasteiger partial charge in [-0.05, 0) is 24.5 Å². The van der Waals surface area contributed by atoms with Crippen molar-refractivity contribution >= 4 is 10.9 Å². The Morgan fingerprint density at radius 2 is 1.96 bits per heavy atom. The maximum atomic E-state index is 12.6. The summed E-state index contributed by atoms with van der Waals surface area (Å²) in [6.45, 7) is 3.20. The van der Waals surface area contributed by atoms with E-state index in [1.165, 1.54) is 4.57 Å². The van der Waals surface area contributed by atoms with E-state index in [9.17, 15) is 14.7 Å². The number of para-hydroxylation sites is 1. The molecule has 0 spiro atoms. The number of rotatable bonds is 6. The van der Waals surface area contributed by atoms with E-state index in [0.717, 1.165) is 54.3 Å². The molecule has 3 aromatic rings. The number of hydrogen-bond acceptors (Lipinski definition) is 4.